The summed E-state index contributed by atoms with van der Waals surface area (Å²) in [5.41, 5.74) is -1.55. The number of hydrogen-bond donors (Lipinski definition) is 2. The van der Waals surface area contributed by atoms with Gasteiger partial charge in [-0.1, -0.05) is 0 Å². The molecule has 0 radical (unpaired) electrons. The Kier molecular flexibility index (Phi) is 3.83. The zero-order valence-electron chi connectivity index (χ0n) is 10.6. The number of aryl methyl sites for hydroxylation is 1. The van der Waals surface area contributed by atoms with E-state index >= 15 is 0 Å². The van der Waals surface area contributed by atoms with Crippen molar-refractivity contribution in [3.05, 3.63) is 33.6 Å². The molecule has 8 nitrogen and oxygen atoms in total. The van der Waals surface area contributed by atoms with Crippen molar-refractivity contribution < 1.29 is 19.6 Å². The zero-order valence-corrected chi connectivity index (χ0v) is 10.6. The first-order valence-electron chi connectivity index (χ1n) is 5.32. The molecule has 0 aliphatic rings. The molecule has 0 bridgehead atoms. The maximum Gasteiger partial charge on any atom is 0.328 e. The van der Waals surface area contributed by atoms with Gasteiger partial charge in [-0.15, -0.1) is 0 Å². The fraction of sp³-hybridized carbons (Fsp3) is 0.364. The number of nitrogens with one attached hydrogen (secondary N) is 1. The van der Waals surface area contributed by atoms with Crippen molar-refractivity contribution in [1.82, 2.24) is 10.3 Å². The van der Waals surface area contributed by atoms with E-state index in [1.54, 1.807) is 0 Å². The van der Waals surface area contributed by atoms with Gasteiger partial charge in [0.1, 0.15) is 11.7 Å². The van der Waals surface area contributed by atoms with E-state index in [-0.39, 0.29) is 16.9 Å². The molecular weight excluding hydrogens is 254 g/mol. The van der Waals surface area contributed by atoms with Gasteiger partial charge < -0.3 is 10.4 Å². The lowest BCUT2D eigenvalue weighted by atomic mass is 10.0. The lowest BCUT2D eigenvalue weighted by Gasteiger charge is -2.21. The molecule has 0 saturated heterocycles. The van der Waals surface area contributed by atoms with Crippen molar-refractivity contribution >= 4 is 17.6 Å². The van der Waals surface area contributed by atoms with Crippen LogP contribution >= 0.6 is 0 Å². The van der Waals surface area contributed by atoms with E-state index in [1.165, 1.54) is 20.8 Å². The Labute approximate surface area is 108 Å². The van der Waals surface area contributed by atoms with Crippen LogP contribution in [-0.4, -0.2) is 32.4 Å². The van der Waals surface area contributed by atoms with Crippen LogP contribution in [0.1, 0.15) is 29.9 Å². The average Bonchev–Trinajstić information content (AvgIpc) is 2.28. The summed E-state index contributed by atoms with van der Waals surface area (Å²) >= 11 is 0. The molecule has 1 heterocycles. The maximum atomic E-state index is 11.9. The molecule has 0 aliphatic carbocycles. The molecule has 2 N–H and O–H groups in total. The number of pyridine rings is 1. The maximum absolute atomic E-state index is 11.9. The van der Waals surface area contributed by atoms with Crippen LogP contribution < -0.4 is 5.32 Å². The third-order valence-corrected chi connectivity index (χ3v) is 2.49. The Balaban J connectivity index is 3.09. The Morgan fingerprint density at radius 2 is 2.05 bits per heavy atom. The predicted molar refractivity (Wildman–Crippen MR) is 64.8 cm³/mol. The molecule has 0 unspecified atom stereocenters. The number of rotatable bonds is 4. The summed E-state index contributed by atoms with van der Waals surface area (Å²) in [5, 5.41) is 21.8. The number of carboxylic acid groups (broad SMARTS) is 1. The summed E-state index contributed by atoms with van der Waals surface area (Å²) < 4.78 is 0. The van der Waals surface area contributed by atoms with Crippen molar-refractivity contribution in [2.24, 2.45) is 0 Å². The van der Waals surface area contributed by atoms with Gasteiger partial charge in [0, 0.05) is 6.07 Å². The highest BCUT2D eigenvalue weighted by atomic mass is 16.6. The second-order valence-corrected chi connectivity index (χ2v) is 4.47. The van der Waals surface area contributed by atoms with Gasteiger partial charge in [0.2, 0.25) is 0 Å². The van der Waals surface area contributed by atoms with Gasteiger partial charge >= 0.3 is 5.97 Å². The third kappa shape index (κ3) is 3.24. The summed E-state index contributed by atoms with van der Waals surface area (Å²) in [5.74, 6) is -1.93. The van der Waals surface area contributed by atoms with E-state index in [9.17, 15) is 19.7 Å². The molecule has 0 aliphatic heterocycles. The number of carbonyl (C=O) groups excluding carboxylic acids is 1. The minimum Gasteiger partial charge on any atom is -0.480 e. The van der Waals surface area contributed by atoms with Gasteiger partial charge in [0.05, 0.1) is 16.2 Å². The van der Waals surface area contributed by atoms with Crippen LogP contribution in [0.4, 0.5) is 5.69 Å². The van der Waals surface area contributed by atoms with Gasteiger partial charge in [-0.2, -0.15) is 0 Å². The molecule has 1 amide bonds. The largest absolute Gasteiger partial charge is 0.480 e. The van der Waals surface area contributed by atoms with Crippen LogP contribution in [-0.2, 0) is 4.79 Å². The highest BCUT2D eigenvalue weighted by Crippen LogP contribution is 2.15. The molecule has 8 heteroatoms. The zero-order chi connectivity index (χ0) is 14.8. The number of carbonyl (C=O) groups is 2. The number of hydrogen-bond acceptors (Lipinski definition) is 5. The second-order valence-electron chi connectivity index (χ2n) is 4.47. The second kappa shape index (κ2) is 5.01. The smallest absolute Gasteiger partial charge is 0.328 e. The first kappa shape index (κ1) is 14.6. The molecule has 0 spiro atoms. The molecular formula is C11H13N3O5. The minimum absolute atomic E-state index is 0.0245. The summed E-state index contributed by atoms with van der Waals surface area (Å²) in [6, 6.07) is 1.07. The third-order valence-electron chi connectivity index (χ3n) is 2.49. The van der Waals surface area contributed by atoms with Crippen LogP contribution in [0.5, 0.6) is 0 Å². The first-order valence-corrected chi connectivity index (χ1v) is 5.32. The number of nitro groups is 1. The normalized spacial score (nSPS) is 10.9. The fourth-order valence-corrected chi connectivity index (χ4v) is 1.26. The van der Waals surface area contributed by atoms with E-state index in [1.807, 2.05) is 0 Å². The lowest BCUT2D eigenvalue weighted by Crippen LogP contribution is -2.49. The van der Waals surface area contributed by atoms with Crippen molar-refractivity contribution in [1.29, 1.82) is 0 Å². The van der Waals surface area contributed by atoms with E-state index < -0.39 is 22.3 Å². The highest BCUT2D eigenvalue weighted by molar-refractivity contribution is 5.98. The monoisotopic (exact) mass is 267 g/mol. The van der Waals surface area contributed by atoms with Gasteiger partial charge in [-0.05, 0) is 20.8 Å². The number of aromatic nitrogens is 1. The summed E-state index contributed by atoms with van der Waals surface area (Å²) in [6.45, 7) is 4.13. The van der Waals surface area contributed by atoms with E-state index in [2.05, 4.69) is 10.3 Å². The topological polar surface area (TPSA) is 122 Å². The van der Waals surface area contributed by atoms with E-state index in [4.69, 9.17) is 5.11 Å². The Morgan fingerprint density at radius 1 is 1.47 bits per heavy atom. The van der Waals surface area contributed by atoms with Crippen molar-refractivity contribution in [3.63, 3.8) is 0 Å². The summed E-state index contributed by atoms with van der Waals surface area (Å²) in [7, 11) is 0. The molecule has 1 aromatic rings. The number of amides is 1. The Bertz CT molecular complexity index is 553. The van der Waals surface area contributed by atoms with Crippen molar-refractivity contribution in [2.45, 2.75) is 26.3 Å². The molecule has 0 atom stereocenters. The molecule has 0 saturated carbocycles. The molecule has 19 heavy (non-hydrogen) atoms. The number of carboxylic acids is 1. The van der Waals surface area contributed by atoms with E-state index in [0.717, 1.165) is 12.3 Å². The lowest BCUT2D eigenvalue weighted by molar-refractivity contribution is -0.385. The van der Waals surface area contributed by atoms with Gasteiger partial charge in [-0.3, -0.25) is 19.9 Å². The van der Waals surface area contributed by atoms with Gasteiger partial charge in [0.15, 0.2) is 0 Å². The number of nitrogens with zero attached hydrogens (tertiary/aromatic N) is 2. The van der Waals surface area contributed by atoms with Crippen LogP contribution in [0.3, 0.4) is 0 Å². The Hall–Kier alpha value is -2.51. The van der Waals surface area contributed by atoms with Crippen molar-refractivity contribution in [2.75, 3.05) is 0 Å². The minimum atomic E-state index is -1.48. The molecule has 0 aromatic carbocycles. The molecule has 1 aromatic heterocycles. The predicted octanol–water partition coefficient (Wildman–Crippen LogP) is 0.891. The number of aliphatic carboxylic acids is 1. The highest BCUT2D eigenvalue weighted by Gasteiger charge is 2.30. The van der Waals surface area contributed by atoms with Crippen LogP contribution in [0, 0.1) is 17.0 Å². The quantitative estimate of drug-likeness (QED) is 0.617. The molecule has 1 rings (SSSR count). The fourth-order valence-electron chi connectivity index (χ4n) is 1.26. The van der Waals surface area contributed by atoms with Crippen LogP contribution in [0.2, 0.25) is 0 Å². The average molecular weight is 267 g/mol. The van der Waals surface area contributed by atoms with Crippen LogP contribution in [0.15, 0.2) is 12.3 Å². The SMILES string of the molecule is Cc1ncc([N+](=O)[O-])cc1C(=O)NC(C)(C)C(=O)O. The Morgan fingerprint density at radius 3 is 2.53 bits per heavy atom. The van der Waals surface area contributed by atoms with Crippen molar-refractivity contribution in [3.8, 4) is 0 Å². The van der Waals surface area contributed by atoms with Gasteiger partial charge in [-0.25, -0.2) is 4.79 Å². The molecule has 0 fully saturated rings. The summed E-state index contributed by atoms with van der Waals surface area (Å²) in [6.07, 6.45) is 1.04. The van der Waals surface area contributed by atoms with E-state index in [0.29, 0.717) is 0 Å². The summed E-state index contributed by atoms with van der Waals surface area (Å²) in [4.78, 5) is 36.5. The van der Waals surface area contributed by atoms with Crippen LogP contribution in [0.25, 0.3) is 0 Å². The first-order chi connectivity index (χ1) is 8.65. The standard InChI is InChI=1S/C11H13N3O5/c1-6-8(4-7(5-12-6)14(18)19)9(15)13-11(2,3)10(16)17/h4-5H,1-3H3,(H,13,15)(H,16,17). The van der Waals surface area contributed by atoms with Gasteiger partial charge in [0.25, 0.3) is 11.6 Å². The molecule has 102 valence electrons.